The molecule has 36 heavy (non-hydrogen) atoms. The van der Waals surface area contributed by atoms with Crippen LogP contribution in [-0.2, 0) is 23.1 Å². The number of nitrogens with zero attached hydrogens (tertiary/aromatic N) is 4. The Kier molecular flexibility index (Phi) is 6.56. The Hall–Kier alpha value is -3.25. The van der Waals surface area contributed by atoms with Crippen molar-refractivity contribution in [3.05, 3.63) is 77.0 Å². The summed E-state index contributed by atoms with van der Waals surface area (Å²) in [6.45, 7) is 13.5. The lowest BCUT2D eigenvalue weighted by Crippen LogP contribution is -2.47. The molecule has 3 aromatic rings. The normalized spacial score (nSPS) is 20.2. The van der Waals surface area contributed by atoms with Crippen LogP contribution in [0.25, 0.3) is 11.4 Å². The van der Waals surface area contributed by atoms with Gasteiger partial charge in [-0.2, -0.15) is 0 Å². The number of fused-ring (bicyclic) bond motifs is 1. The van der Waals surface area contributed by atoms with Gasteiger partial charge in [0.1, 0.15) is 5.82 Å². The van der Waals surface area contributed by atoms with Crippen LogP contribution in [0.2, 0.25) is 0 Å². The third kappa shape index (κ3) is 5.00. The highest BCUT2D eigenvalue weighted by molar-refractivity contribution is 5.94. The van der Waals surface area contributed by atoms with E-state index in [-0.39, 0.29) is 23.5 Å². The first-order valence-electron chi connectivity index (χ1n) is 12.9. The molecule has 0 radical (unpaired) electrons. The van der Waals surface area contributed by atoms with E-state index in [1.54, 1.807) is 0 Å². The lowest BCUT2D eigenvalue weighted by molar-refractivity contribution is -0.00558. The SMILES string of the molecule is CC1CN(c2nc(-c3ccccc3)nc3c2CN(C(=O)c2ccc(C(C)(C)C)cc2)CC3)CC(C)O1. The first kappa shape index (κ1) is 24.4. The van der Waals surface area contributed by atoms with E-state index in [1.807, 2.05) is 35.2 Å². The van der Waals surface area contributed by atoms with Crippen LogP contribution < -0.4 is 4.90 Å². The second-order valence-electron chi connectivity index (χ2n) is 11.1. The predicted molar refractivity (Wildman–Crippen MR) is 143 cm³/mol. The summed E-state index contributed by atoms with van der Waals surface area (Å²) >= 11 is 0. The maximum atomic E-state index is 13.5. The molecule has 6 nitrogen and oxygen atoms in total. The van der Waals surface area contributed by atoms with Crippen molar-refractivity contribution in [1.82, 2.24) is 14.9 Å². The van der Waals surface area contributed by atoms with Gasteiger partial charge in [-0.1, -0.05) is 63.2 Å². The Balaban J connectivity index is 1.48. The number of benzene rings is 2. The minimum atomic E-state index is 0.0563. The average Bonchev–Trinajstić information content (AvgIpc) is 2.87. The van der Waals surface area contributed by atoms with Gasteiger partial charge in [-0.05, 0) is 37.0 Å². The second kappa shape index (κ2) is 9.66. The fourth-order valence-electron chi connectivity index (χ4n) is 5.19. The van der Waals surface area contributed by atoms with Crippen LogP contribution in [0, 0.1) is 0 Å². The number of ether oxygens (including phenoxy) is 1. The molecule has 2 atom stereocenters. The maximum absolute atomic E-state index is 13.5. The standard InChI is InChI=1S/C30H36N4O2/c1-20-17-34(18-21(2)36-20)28-25-19-33(29(35)23-11-13-24(14-12-23)30(3,4)5)16-15-26(25)31-27(32-28)22-9-7-6-8-10-22/h6-14,20-21H,15-19H2,1-5H3. The van der Waals surface area contributed by atoms with Gasteiger partial charge in [-0.25, -0.2) is 9.97 Å². The van der Waals surface area contributed by atoms with Gasteiger partial charge in [0.15, 0.2) is 5.82 Å². The molecule has 0 bridgehead atoms. The molecule has 1 amide bonds. The molecule has 2 aliphatic rings. The summed E-state index contributed by atoms with van der Waals surface area (Å²) in [5, 5.41) is 0. The van der Waals surface area contributed by atoms with Gasteiger partial charge >= 0.3 is 0 Å². The van der Waals surface area contributed by atoms with E-state index in [9.17, 15) is 4.79 Å². The molecular weight excluding hydrogens is 448 g/mol. The van der Waals surface area contributed by atoms with E-state index in [0.29, 0.717) is 19.5 Å². The zero-order valence-electron chi connectivity index (χ0n) is 22.0. The summed E-state index contributed by atoms with van der Waals surface area (Å²) in [6.07, 6.45) is 0.941. The summed E-state index contributed by atoms with van der Waals surface area (Å²) in [7, 11) is 0. The number of morpholine rings is 1. The first-order valence-corrected chi connectivity index (χ1v) is 12.9. The molecule has 5 rings (SSSR count). The van der Waals surface area contributed by atoms with Crippen LogP contribution in [0.15, 0.2) is 54.6 Å². The van der Waals surface area contributed by atoms with Gasteiger partial charge in [-0.15, -0.1) is 0 Å². The highest BCUT2D eigenvalue weighted by atomic mass is 16.5. The molecule has 2 aliphatic heterocycles. The summed E-state index contributed by atoms with van der Waals surface area (Å²) in [5.74, 6) is 1.73. The molecule has 0 aliphatic carbocycles. The largest absolute Gasteiger partial charge is 0.372 e. The number of hydrogen-bond acceptors (Lipinski definition) is 5. The van der Waals surface area contributed by atoms with Crippen molar-refractivity contribution in [3.8, 4) is 11.4 Å². The van der Waals surface area contributed by atoms with Crippen molar-refractivity contribution in [1.29, 1.82) is 0 Å². The van der Waals surface area contributed by atoms with E-state index in [0.717, 1.165) is 47.1 Å². The van der Waals surface area contributed by atoms with Gasteiger partial charge in [0.25, 0.3) is 5.91 Å². The minimum Gasteiger partial charge on any atom is -0.372 e. The summed E-state index contributed by atoms with van der Waals surface area (Å²) in [4.78, 5) is 27.8. The molecule has 1 fully saturated rings. The molecule has 2 unspecified atom stereocenters. The van der Waals surface area contributed by atoms with Crippen molar-refractivity contribution < 1.29 is 9.53 Å². The molecule has 1 saturated heterocycles. The minimum absolute atomic E-state index is 0.0563. The second-order valence-corrected chi connectivity index (χ2v) is 11.1. The van der Waals surface area contributed by atoms with Crippen LogP contribution in [0.5, 0.6) is 0 Å². The molecule has 3 heterocycles. The van der Waals surface area contributed by atoms with Gasteiger partial charge in [0.2, 0.25) is 0 Å². The van der Waals surface area contributed by atoms with Gasteiger partial charge in [0.05, 0.1) is 24.4 Å². The predicted octanol–water partition coefficient (Wildman–Crippen LogP) is 5.25. The highest BCUT2D eigenvalue weighted by Gasteiger charge is 2.31. The van der Waals surface area contributed by atoms with E-state index < -0.39 is 0 Å². The number of rotatable bonds is 3. The molecular formula is C30H36N4O2. The third-order valence-corrected chi connectivity index (χ3v) is 7.07. The topological polar surface area (TPSA) is 58.6 Å². The Bertz CT molecular complexity index is 1220. The number of amides is 1. The smallest absolute Gasteiger partial charge is 0.254 e. The fourth-order valence-corrected chi connectivity index (χ4v) is 5.19. The number of anilines is 1. The summed E-state index contributed by atoms with van der Waals surface area (Å²) in [6, 6.07) is 18.2. The Labute approximate surface area is 214 Å². The van der Waals surface area contributed by atoms with Crippen LogP contribution in [-0.4, -0.2) is 52.6 Å². The van der Waals surface area contributed by atoms with Gasteiger partial charge < -0.3 is 14.5 Å². The van der Waals surface area contributed by atoms with E-state index in [2.05, 4.69) is 63.8 Å². The number of hydrogen-bond donors (Lipinski definition) is 0. The van der Waals surface area contributed by atoms with Crippen LogP contribution in [0.1, 0.15) is 61.8 Å². The van der Waals surface area contributed by atoms with Crippen molar-refractivity contribution in [2.24, 2.45) is 0 Å². The number of carbonyl (C=O) groups is 1. The van der Waals surface area contributed by atoms with Gasteiger partial charge in [-0.3, -0.25) is 4.79 Å². The number of aromatic nitrogens is 2. The molecule has 2 aromatic carbocycles. The molecule has 0 N–H and O–H groups in total. The Morgan fingerprint density at radius 3 is 2.25 bits per heavy atom. The van der Waals surface area contributed by atoms with Crippen LogP contribution in [0.4, 0.5) is 5.82 Å². The van der Waals surface area contributed by atoms with E-state index >= 15 is 0 Å². The molecule has 1 aromatic heterocycles. The monoisotopic (exact) mass is 484 g/mol. The van der Waals surface area contributed by atoms with Crippen molar-refractivity contribution in [3.63, 3.8) is 0 Å². The van der Waals surface area contributed by atoms with Crippen molar-refractivity contribution in [2.45, 2.75) is 65.2 Å². The van der Waals surface area contributed by atoms with Crippen LogP contribution in [0.3, 0.4) is 0 Å². The quantitative estimate of drug-likeness (QED) is 0.508. The first-order chi connectivity index (χ1) is 17.2. The van der Waals surface area contributed by atoms with E-state index in [1.165, 1.54) is 5.56 Å². The summed E-state index contributed by atoms with van der Waals surface area (Å²) < 4.78 is 6.00. The molecule has 6 heteroatoms. The van der Waals surface area contributed by atoms with Gasteiger partial charge in [0, 0.05) is 42.7 Å². The Morgan fingerprint density at radius 1 is 0.944 bits per heavy atom. The average molecular weight is 485 g/mol. The lowest BCUT2D eigenvalue weighted by atomic mass is 9.86. The molecule has 188 valence electrons. The van der Waals surface area contributed by atoms with Crippen LogP contribution >= 0.6 is 0 Å². The summed E-state index contributed by atoms with van der Waals surface area (Å²) in [5.41, 5.74) is 5.11. The Morgan fingerprint density at radius 2 is 1.61 bits per heavy atom. The highest BCUT2D eigenvalue weighted by Crippen LogP contribution is 2.32. The van der Waals surface area contributed by atoms with E-state index in [4.69, 9.17) is 14.7 Å². The van der Waals surface area contributed by atoms with Crippen molar-refractivity contribution in [2.75, 3.05) is 24.5 Å². The zero-order valence-corrected chi connectivity index (χ0v) is 22.0. The zero-order chi connectivity index (χ0) is 25.4. The lowest BCUT2D eigenvalue weighted by Gasteiger charge is -2.39. The van der Waals surface area contributed by atoms with Crippen molar-refractivity contribution >= 4 is 11.7 Å². The number of carbonyl (C=O) groups excluding carboxylic acids is 1. The maximum Gasteiger partial charge on any atom is 0.254 e. The third-order valence-electron chi connectivity index (χ3n) is 7.07. The fraction of sp³-hybridized carbons (Fsp3) is 0.433. The molecule has 0 spiro atoms. The molecule has 0 saturated carbocycles.